The molecule has 1 aromatic heterocycles. The fraction of sp³-hybridized carbons (Fsp3) is 0.286. The maximum atomic E-state index is 11.9. The molecule has 0 saturated carbocycles. The molecule has 0 aliphatic heterocycles. The monoisotopic (exact) mass is 229 g/mol. The van der Waals surface area contributed by atoms with E-state index in [0.29, 0.717) is 12.2 Å². The molecule has 1 aromatic carbocycles. The average molecular weight is 229 g/mol. The Bertz CT molecular complexity index is 576. The number of aromatic nitrogens is 1. The standard InChI is InChI=1S/C14H15NO2/c1-4-17-14(16)13-10(3)15-9(2)11-7-5-6-8-12(11)13/h5-8H,4H2,1-3H3. The van der Waals surface area contributed by atoms with E-state index in [2.05, 4.69) is 4.98 Å². The molecule has 1 heterocycles. The van der Waals surface area contributed by atoms with Crippen LogP contribution in [0.5, 0.6) is 0 Å². The first-order chi connectivity index (χ1) is 8.15. The number of hydrogen-bond acceptors (Lipinski definition) is 3. The average Bonchev–Trinajstić information content (AvgIpc) is 2.29. The van der Waals surface area contributed by atoms with Gasteiger partial charge in [0.1, 0.15) is 0 Å². The highest BCUT2D eigenvalue weighted by Gasteiger charge is 2.16. The number of esters is 1. The lowest BCUT2D eigenvalue weighted by Crippen LogP contribution is -2.09. The van der Waals surface area contributed by atoms with Crippen molar-refractivity contribution >= 4 is 16.7 Å². The van der Waals surface area contributed by atoms with Gasteiger partial charge >= 0.3 is 5.97 Å². The second-order valence-corrected chi connectivity index (χ2v) is 3.92. The van der Waals surface area contributed by atoms with E-state index in [0.717, 1.165) is 22.2 Å². The fourth-order valence-corrected chi connectivity index (χ4v) is 2.04. The number of ether oxygens (including phenoxy) is 1. The molecule has 2 rings (SSSR count). The van der Waals surface area contributed by atoms with Gasteiger partial charge in [-0.15, -0.1) is 0 Å². The molecule has 0 bridgehead atoms. The predicted molar refractivity (Wildman–Crippen MR) is 67.2 cm³/mol. The summed E-state index contributed by atoms with van der Waals surface area (Å²) in [5.41, 5.74) is 2.24. The highest BCUT2D eigenvalue weighted by atomic mass is 16.5. The van der Waals surface area contributed by atoms with Gasteiger partial charge in [0.2, 0.25) is 0 Å². The second kappa shape index (κ2) is 4.53. The van der Waals surface area contributed by atoms with E-state index in [9.17, 15) is 4.79 Å². The van der Waals surface area contributed by atoms with Crippen LogP contribution in [0.1, 0.15) is 28.7 Å². The molecule has 88 valence electrons. The van der Waals surface area contributed by atoms with E-state index in [-0.39, 0.29) is 5.97 Å². The number of fused-ring (bicyclic) bond motifs is 1. The summed E-state index contributed by atoms with van der Waals surface area (Å²) in [4.78, 5) is 16.3. The Balaban J connectivity index is 2.73. The predicted octanol–water partition coefficient (Wildman–Crippen LogP) is 3.03. The summed E-state index contributed by atoms with van der Waals surface area (Å²) in [5.74, 6) is -0.297. The maximum Gasteiger partial charge on any atom is 0.340 e. The molecule has 0 unspecified atom stereocenters. The zero-order chi connectivity index (χ0) is 12.4. The molecular weight excluding hydrogens is 214 g/mol. The van der Waals surface area contributed by atoms with Crippen LogP contribution in [0.4, 0.5) is 0 Å². The summed E-state index contributed by atoms with van der Waals surface area (Å²) in [6.45, 7) is 5.97. The number of hydrogen-bond donors (Lipinski definition) is 0. The largest absolute Gasteiger partial charge is 0.462 e. The number of carbonyl (C=O) groups is 1. The summed E-state index contributed by atoms with van der Waals surface area (Å²) < 4.78 is 5.08. The van der Waals surface area contributed by atoms with Gasteiger partial charge in [-0.25, -0.2) is 4.79 Å². The van der Waals surface area contributed by atoms with E-state index in [1.807, 2.05) is 38.1 Å². The minimum atomic E-state index is -0.297. The molecule has 0 fully saturated rings. The minimum Gasteiger partial charge on any atom is -0.462 e. The van der Waals surface area contributed by atoms with Gasteiger partial charge < -0.3 is 4.74 Å². The van der Waals surface area contributed by atoms with Gasteiger partial charge in [0.25, 0.3) is 0 Å². The van der Waals surface area contributed by atoms with Gasteiger partial charge in [0, 0.05) is 11.1 Å². The van der Waals surface area contributed by atoms with Crippen LogP contribution < -0.4 is 0 Å². The molecule has 0 amide bonds. The molecule has 3 heteroatoms. The third-order valence-corrected chi connectivity index (χ3v) is 2.76. The smallest absolute Gasteiger partial charge is 0.340 e. The highest BCUT2D eigenvalue weighted by molar-refractivity contribution is 6.05. The van der Waals surface area contributed by atoms with E-state index in [1.165, 1.54) is 0 Å². The van der Waals surface area contributed by atoms with E-state index in [1.54, 1.807) is 6.92 Å². The number of carbonyl (C=O) groups excluding carboxylic acids is 1. The first-order valence-electron chi connectivity index (χ1n) is 5.68. The van der Waals surface area contributed by atoms with E-state index in [4.69, 9.17) is 4.74 Å². The quantitative estimate of drug-likeness (QED) is 0.743. The summed E-state index contributed by atoms with van der Waals surface area (Å²) in [6.07, 6.45) is 0. The van der Waals surface area contributed by atoms with Crippen molar-refractivity contribution < 1.29 is 9.53 Å². The molecule has 0 N–H and O–H groups in total. The lowest BCUT2D eigenvalue weighted by Gasteiger charge is -2.10. The molecule has 0 atom stereocenters. The van der Waals surface area contributed by atoms with Gasteiger partial charge in [-0.1, -0.05) is 24.3 Å². The lowest BCUT2D eigenvalue weighted by atomic mass is 10.0. The van der Waals surface area contributed by atoms with Crippen LogP contribution >= 0.6 is 0 Å². The summed E-state index contributed by atoms with van der Waals surface area (Å²) >= 11 is 0. The zero-order valence-electron chi connectivity index (χ0n) is 10.3. The molecule has 0 spiro atoms. The van der Waals surface area contributed by atoms with Crippen molar-refractivity contribution in [3.8, 4) is 0 Å². The Morgan fingerprint density at radius 3 is 2.47 bits per heavy atom. The normalized spacial score (nSPS) is 10.5. The number of pyridine rings is 1. The van der Waals surface area contributed by atoms with Crippen LogP contribution in [0.15, 0.2) is 24.3 Å². The van der Waals surface area contributed by atoms with Crippen LogP contribution in [0, 0.1) is 13.8 Å². The van der Waals surface area contributed by atoms with Crippen molar-refractivity contribution in [2.75, 3.05) is 6.61 Å². The fourth-order valence-electron chi connectivity index (χ4n) is 2.04. The number of rotatable bonds is 2. The molecule has 3 nitrogen and oxygen atoms in total. The third kappa shape index (κ3) is 2.00. The Hall–Kier alpha value is -1.90. The van der Waals surface area contributed by atoms with Crippen LogP contribution in [-0.2, 0) is 4.74 Å². The third-order valence-electron chi connectivity index (χ3n) is 2.76. The van der Waals surface area contributed by atoms with Crippen LogP contribution in [0.2, 0.25) is 0 Å². The second-order valence-electron chi connectivity index (χ2n) is 3.92. The number of aryl methyl sites for hydroxylation is 2. The van der Waals surface area contributed by atoms with Crippen molar-refractivity contribution in [3.63, 3.8) is 0 Å². The van der Waals surface area contributed by atoms with Gasteiger partial charge in [0.05, 0.1) is 17.9 Å². The van der Waals surface area contributed by atoms with Crippen molar-refractivity contribution in [2.24, 2.45) is 0 Å². The minimum absolute atomic E-state index is 0.297. The van der Waals surface area contributed by atoms with Crippen LogP contribution in [0.25, 0.3) is 10.8 Å². The molecule has 0 aliphatic carbocycles. The summed E-state index contributed by atoms with van der Waals surface area (Å²) in [5, 5.41) is 1.91. The van der Waals surface area contributed by atoms with Gasteiger partial charge in [0.15, 0.2) is 0 Å². The molecule has 2 aromatic rings. The van der Waals surface area contributed by atoms with E-state index < -0.39 is 0 Å². The Labute approximate surface area is 100 Å². The molecule has 0 radical (unpaired) electrons. The molecule has 0 aliphatic rings. The first-order valence-corrected chi connectivity index (χ1v) is 5.68. The molecule has 17 heavy (non-hydrogen) atoms. The number of nitrogens with zero attached hydrogens (tertiary/aromatic N) is 1. The highest BCUT2D eigenvalue weighted by Crippen LogP contribution is 2.23. The Kier molecular flexibility index (Phi) is 3.09. The number of benzene rings is 1. The van der Waals surface area contributed by atoms with E-state index >= 15 is 0 Å². The molecular formula is C14H15NO2. The summed E-state index contributed by atoms with van der Waals surface area (Å²) in [6, 6.07) is 7.77. The summed E-state index contributed by atoms with van der Waals surface area (Å²) in [7, 11) is 0. The van der Waals surface area contributed by atoms with Crippen LogP contribution in [-0.4, -0.2) is 17.6 Å². The molecule has 0 saturated heterocycles. The van der Waals surface area contributed by atoms with Gasteiger partial charge in [-0.3, -0.25) is 4.98 Å². The van der Waals surface area contributed by atoms with Gasteiger partial charge in [-0.05, 0) is 26.2 Å². The van der Waals surface area contributed by atoms with Crippen LogP contribution in [0.3, 0.4) is 0 Å². The maximum absolute atomic E-state index is 11.9. The van der Waals surface area contributed by atoms with Crippen molar-refractivity contribution in [3.05, 3.63) is 41.2 Å². The van der Waals surface area contributed by atoms with Crippen molar-refractivity contribution in [1.29, 1.82) is 0 Å². The lowest BCUT2D eigenvalue weighted by molar-refractivity contribution is 0.0527. The topological polar surface area (TPSA) is 39.2 Å². The Morgan fingerprint density at radius 1 is 1.18 bits per heavy atom. The van der Waals surface area contributed by atoms with Crippen molar-refractivity contribution in [1.82, 2.24) is 4.98 Å². The zero-order valence-corrected chi connectivity index (χ0v) is 10.3. The SMILES string of the molecule is CCOC(=O)c1c(C)nc(C)c2ccccc12. The van der Waals surface area contributed by atoms with Gasteiger partial charge in [-0.2, -0.15) is 0 Å². The first kappa shape index (κ1) is 11.6. The van der Waals surface area contributed by atoms with Crippen molar-refractivity contribution in [2.45, 2.75) is 20.8 Å². The Morgan fingerprint density at radius 2 is 1.82 bits per heavy atom.